The largest absolute Gasteiger partial charge is 0.339 e. The van der Waals surface area contributed by atoms with Gasteiger partial charge in [-0.15, -0.1) is 0 Å². The van der Waals surface area contributed by atoms with E-state index in [4.69, 9.17) is 4.52 Å². The molecule has 3 rings (SSSR count). The molecular formula is C15H19N3O. The second-order valence-corrected chi connectivity index (χ2v) is 5.07. The molecule has 100 valence electrons. The van der Waals surface area contributed by atoms with Gasteiger partial charge in [-0.25, -0.2) is 0 Å². The average molecular weight is 257 g/mol. The third-order valence-corrected chi connectivity index (χ3v) is 3.56. The van der Waals surface area contributed by atoms with E-state index >= 15 is 0 Å². The molecule has 4 nitrogen and oxygen atoms in total. The highest BCUT2D eigenvalue weighted by atomic mass is 16.5. The van der Waals surface area contributed by atoms with Gasteiger partial charge in [0.1, 0.15) is 0 Å². The van der Waals surface area contributed by atoms with E-state index in [9.17, 15) is 0 Å². The molecule has 0 unspecified atom stereocenters. The van der Waals surface area contributed by atoms with Crippen molar-refractivity contribution >= 4 is 0 Å². The summed E-state index contributed by atoms with van der Waals surface area (Å²) >= 11 is 0. The van der Waals surface area contributed by atoms with Crippen LogP contribution >= 0.6 is 0 Å². The Hall–Kier alpha value is -1.68. The molecule has 1 fully saturated rings. The summed E-state index contributed by atoms with van der Waals surface area (Å²) in [6.07, 6.45) is 4.25. The molecule has 1 aromatic carbocycles. The van der Waals surface area contributed by atoms with Crippen LogP contribution in [0.5, 0.6) is 0 Å². The number of aromatic nitrogens is 2. The molecule has 1 aromatic heterocycles. The molecule has 1 saturated heterocycles. The Morgan fingerprint density at radius 2 is 1.89 bits per heavy atom. The summed E-state index contributed by atoms with van der Waals surface area (Å²) in [5.41, 5.74) is 1.22. The number of benzene rings is 1. The lowest BCUT2D eigenvalue weighted by molar-refractivity contribution is 0.311. The predicted molar refractivity (Wildman–Crippen MR) is 72.9 cm³/mol. The van der Waals surface area contributed by atoms with Crippen molar-refractivity contribution in [1.82, 2.24) is 15.0 Å². The lowest BCUT2D eigenvalue weighted by Gasteiger charge is -2.11. The molecule has 0 bridgehead atoms. The molecule has 0 spiro atoms. The van der Waals surface area contributed by atoms with Crippen LogP contribution in [0.2, 0.25) is 0 Å². The molecule has 1 aliphatic rings. The Labute approximate surface area is 113 Å². The Bertz CT molecular complexity index is 503. The summed E-state index contributed by atoms with van der Waals surface area (Å²) in [7, 11) is 0. The van der Waals surface area contributed by atoms with Crippen molar-refractivity contribution < 1.29 is 4.52 Å². The first-order valence-corrected chi connectivity index (χ1v) is 6.98. The maximum absolute atomic E-state index is 5.31. The van der Waals surface area contributed by atoms with Gasteiger partial charge in [0.25, 0.3) is 0 Å². The molecule has 19 heavy (non-hydrogen) atoms. The topological polar surface area (TPSA) is 42.2 Å². The molecule has 2 aromatic rings. The zero-order chi connectivity index (χ0) is 12.9. The summed E-state index contributed by atoms with van der Waals surface area (Å²) in [6.45, 7) is 3.46. The third-order valence-electron chi connectivity index (χ3n) is 3.56. The highest BCUT2D eigenvalue weighted by Gasteiger charge is 2.13. The molecule has 0 radical (unpaired) electrons. The van der Waals surface area contributed by atoms with E-state index in [0.29, 0.717) is 0 Å². The van der Waals surface area contributed by atoms with Crippen LogP contribution < -0.4 is 0 Å². The molecule has 1 aliphatic heterocycles. The van der Waals surface area contributed by atoms with Crippen LogP contribution in [0.25, 0.3) is 0 Å². The van der Waals surface area contributed by atoms with Crippen molar-refractivity contribution in [2.24, 2.45) is 0 Å². The van der Waals surface area contributed by atoms with Crippen molar-refractivity contribution in [3.8, 4) is 0 Å². The standard InChI is InChI=1S/C15H19N3O/c1-2-6-13(7-3-1)12-14-16-15(19-17-14)8-11-18-9-4-5-10-18/h1-3,6-7H,4-5,8-12H2. The maximum atomic E-state index is 5.31. The third kappa shape index (κ3) is 3.41. The van der Waals surface area contributed by atoms with Gasteiger partial charge in [-0.05, 0) is 31.5 Å². The normalized spacial score (nSPS) is 16.0. The minimum Gasteiger partial charge on any atom is -0.339 e. The molecule has 0 aliphatic carbocycles. The number of hydrogen-bond donors (Lipinski definition) is 0. The molecule has 4 heteroatoms. The Morgan fingerprint density at radius 1 is 1.11 bits per heavy atom. The van der Waals surface area contributed by atoms with Gasteiger partial charge in [0.05, 0.1) is 0 Å². The smallest absolute Gasteiger partial charge is 0.227 e. The van der Waals surface area contributed by atoms with E-state index in [1.807, 2.05) is 18.2 Å². The summed E-state index contributed by atoms with van der Waals surface area (Å²) in [5.74, 6) is 1.54. The lowest BCUT2D eigenvalue weighted by atomic mass is 10.1. The summed E-state index contributed by atoms with van der Waals surface area (Å²) in [4.78, 5) is 6.92. The zero-order valence-electron chi connectivity index (χ0n) is 11.1. The van der Waals surface area contributed by atoms with Gasteiger partial charge in [0, 0.05) is 19.4 Å². The quantitative estimate of drug-likeness (QED) is 0.824. The second-order valence-electron chi connectivity index (χ2n) is 5.07. The van der Waals surface area contributed by atoms with Crippen molar-refractivity contribution in [2.75, 3.05) is 19.6 Å². The summed E-state index contributed by atoms with van der Waals surface area (Å²) < 4.78 is 5.31. The fraction of sp³-hybridized carbons (Fsp3) is 0.467. The van der Waals surface area contributed by atoms with Gasteiger partial charge in [0.2, 0.25) is 5.89 Å². The highest BCUT2D eigenvalue weighted by Crippen LogP contribution is 2.10. The van der Waals surface area contributed by atoms with E-state index in [0.717, 1.165) is 31.1 Å². The minimum atomic E-state index is 0.744. The lowest BCUT2D eigenvalue weighted by Crippen LogP contribution is -2.22. The van der Waals surface area contributed by atoms with Gasteiger partial charge in [0.15, 0.2) is 5.82 Å². The first-order chi connectivity index (χ1) is 9.40. The van der Waals surface area contributed by atoms with Crippen LogP contribution in [0.4, 0.5) is 0 Å². The molecule has 0 N–H and O–H groups in total. The number of nitrogens with zero attached hydrogens (tertiary/aromatic N) is 3. The Kier molecular flexibility index (Phi) is 3.89. The average Bonchev–Trinajstić information content (AvgIpc) is 3.09. The number of likely N-dealkylation sites (tertiary alicyclic amines) is 1. The predicted octanol–water partition coefficient (Wildman–Crippen LogP) is 2.30. The van der Waals surface area contributed by atoms with Gasteiger partial charge in [-0.2, -0.15) is 4.98 Å². The summed E-state index contributed by atoms with van der Waals surface area (Å²) in [5, 5.41) is 4.05. The number of hydrogen-bond acceptors (Lipinski definition) is 4. The molecule has 0 saturated carbocycles. The fourth-order valence-electron chi connectivity index (χ4n) is 2.50. The van der Waals surface area contributed by atoms with E-state index < -0.39 is 0 Å². The van der Waals surface area contributed by atoms with E-state index in [1.165, 1.54) is 31.5 Å². The van der Waals surface area contributed by atoms with Crippen LogP contribution in [-0.2, 0) is 12.8 Å². The van der Waals surface area contributed by atoms with Crippen LogP contribution in [0, 0.1) is 0 Å². The van der Waals surface area contributed by atoms with E-state index in [-0.39, 0.29) is 0 Å². The molecular weight excluding hydrogens is 238 g/mol. The zero-order valence-corrected chi connectivity index (χ0v) is 11.1. The maximum Gasteiger partial charge on any atom is 0.227 e. The van der Waals surface area contributed by atoms with E-state index in [1.54, 1.807) is 0 Å². The van der Waals surface area contributed by atoms with Crippen molar-refractivity contribution in [3.63, 3.8) is 0 Å². The number of rotatable bonds is 5. The SMILES string of the molecule is c1ccc(Cc2noc(CCN3CCCC3)n2)cc1. The van der Waals surface area contributed by atoms with Crippen molar-refractivity contribution in [2.45, 2.75) is 25.7 Å². The first kappa shape index (κ1) is 12.4. The van der Waals surface area contributed by atoms with Crippen molar-refractivity contribution in [1.29, 1.82) is 0 Å². The molecule has 0 amide bonds. The Morgan fingerprint density at radius 3 is 2.68 bits per heavy atom. The van der Waals surface area contributed by atoms with Gasteiger partial charge >= 0.3 is 0 Å². The highest BCUT2D eigenvalue weighted by molar-refractivity contribution is 5.18. The first-order valence-electron chi connectivity index (χ1n) is 6.98. The van der Waals surface area contributed by atoms with Crippen LogP contribution in [-0.4, -0.2) is 34.7 Å². The second kappa shape index (κ2) is 5.97. The Balaban J connectivity index is 1.54. The molecule has 2 heterocycles. The van der Waals surface area contributed by atoms with Gasteiger partial charge < -0.3 is 9.42 Å². The fourth-order valence-corrected chi connectivity index (χ4v) is 2.50. The van der Waals surface area contributed by atoms with Gasteiger partial charge in [-0.1, -0.05) is 35.5 Å². The van der Waals surface area contributed by atoms with Crippen LogP contribution in [0.15, 0.2) is 34.9 Å². The van der Waals surface area contributed by atoms with Gasteiger partial charge in [-0.3, -0.25) is 0 Å². The van der Waals surface area contributed by atoms with E-state index in [2.05, 4.69) is 27.2 Å². The van der Waals surface area contributed by atoms with Crippen LogP contribution in [0.1, 0.15) is 30.1 Å². The molecule has 0 atom stereocenters. The van der Waals surface area contributed by atoms with Crippen molar-refractivity contribution in [3.05, 3.63) is 47.6 Å². The minimum absolute atomic E-state index is 0.744. The monoisotopic (exact) mass is 257 g/mol. The van der Waals surface area contributed by atoms with Crippen LogP contribution in [0.3, 0.4) is 0 Å². The summed E-state index contributed by atoms with van der Waals surface area (Å²) in [6, 6.07) is 10.2.